The van der Waals surface area contributed by atoms with Gasteiger partial charge in [-0.2, -0.15) is 5.10 Å². The van der Waals surface area contributed by atoms with E-state index in [4.69, 9.17) is 4.74 Å². The van der Waals surface area contributed by atoms with Gasteiger partial charge < -0.3 is 10.1 Å². The molecule has 5 heteroatoms. The quantitative estimate of drug-likeness (QED) is 0.922. The molecule has 0 unspecified atom stereocenters. The second-order valence-corrected chi connectivity index (χ2v) is 4.53. The van der Waals surface area contributed by atoms with E-state index in [1.54, 1.807) is 17.9 Å². The molecule has 0 atom stereocenters. The van der Waals surface area contributed by atoms with Crippen molar-refractivity contribution in [3.8, 4) is 5.88 Å². The largest absolute Gasteiger partial charge is 0.481 e. The second-order valence-electron chi connectivity index (χ2n) is 4.53. The van der Waals surface area contributed by atoms with Crippen molar-refractivity contribution in [2.45, 2.75) is 20.4 Å². The minimum atomic E-state index is -0.250. The summed E-state index contributed by atoms with van der Waals surface area (Å²) in [4.78, 5) is 0. The molecule has 19 heavy (non-hydrogen) atoms. The molecule has 0 spiro atoms. The van der Waals surface area contributed by atoms with Gasteiger partial charge in [0.15, 0.2) is 0 Å². The van der Waals surface area contributed by atoms with E-state index >= 15 is 0 Å². The molecular weight excluding hydrogens is 245 g/mol. The fourth-order valence-corrected chi connectivity index (χ4v) is 2.09. The monoisotopic (exact) mass is 263 g/mol. The Kier molecular flexibility index (Phi) is 3.74. The van der Waals surface area contributed by atoms with Gasteiger partial charge in [0, 0.05) is 13.6 Å². The zero-order valence-corrected chi connectivity index (χ0v) is 11.6. The summed E-state index contributed by atoms with van der Waals surface area (Å²) in [6, 6.07) is 5.12. The van der Waals surface area contributed by atoms with Gasteiger partial charge in [-0.25, -0.2) is 9.07 Å². The number of hydrogen-bond acceptors (Lipinski definition) is 3. The number of ether oxygens (including phenoxy) is 1. The SMILES string of the molecule is COc1c(CNc2ccc(C)cc2F)c(C)nn1C. The van der Waals surface area contributed by atoms with Crippen molar-refractivity contribution in [3.63, 3.8) is 0 Å². The molecule has 0 radical (unpaired) electrons. The summed E-state index contributed by atoms with van der Waals surface area (Å²) < 4.78 is 20.7. The molecule has 0 saturated carbocycles. The highest BCUT2D eigenvalue weighted by Gasteiger charge is 2.14. The van der Waals surface area contributed by atoms with Crippen LogP contribution in [0.1, 0.15) is 16.8 Å². The number of nitrogens with zero attached hydrogens (tertiary/aromatic N) is 2. The van der Waals surface area contributed by atoms with Gasteiger partial charge in [-0.3, -0.25) is 0 Å². The lowest BCUT2D eigenvalue weighted by molar-refractivity contribution is 0.369. The first-order valence-electron chi connectivity index (χ1n) is 6.09. The Bertz CT molecular complexity index is 593. The summed E-state index contributed by atoms with van der Waals surface area (Å²) in [5, 5.41) is 7.37. The normalized spacial score (nSPS) is 10.6. The number of methoxy groups -OCH3 is 1. The Balaban J connectivity index is 2.19. The number of aryl methyl sites for hydroxylation is 3. The number of hydrogen-bond donors (Lipinski definition) is 1. The number of aromatic nitrogens is 2. The fourth-order valence-electron chi connectivity index (χ4n) is 2.09. The van der Waals surface area contributed by atoms with Crippen LogP contribution >= 0.6 is 0 Å². The van der Waals surface area contributed by atoms with E-state index in [1.807, 2.05) is 27.0 Å². The second kappa shape index (κ2) is 5.30. The van der Waals surface area contributed by atoms with Crippen LogP contribution in [0.5, 0.6) is 5.88 Å². The van der Waals surface area contributed by atoms with Gasteiger partial charge >= 0.3 is 0 Å². The van der Waals surface area contributed by atoms with Crippen LogP contribution in [-0.4, -0.2) is 16.9 Å². The Labute approximate surface area is 112 Å². The maximum absolute atomic E-state index is 13.7. The topological polar surface area (TPSA) is 39.1 Å². The van der Waals surface area contributed by atoms with Crippen LogP contribution in [0.4, 0.5) is 10.1 Å². The lowest BCUT2D eigenvalue weighted by atomic mass is 10.2. The highest BCUT2D eigenvalue weighted by molar-refractivity contribution is 5.47. The van der Waals surface area contributed by atoms with Gasteiger partial charge in [-0.1, -0.05) is 6.07 Å². The number of halogens is 1. The lowest BCUT2D eigenvalue weighted by Gasteiger charge is -2.09. The molecule has 2 aromatic rings. The van der Waals surface area contributed by atoms with Crippen LogP contribution in [-0.2, 0) is 13.6 Å². The first-order valence-corrected chi connectivity index (χ1v) is 6.09. The summed E-state index contributed by atoms with van der Waals surface area (Å²) in [5.74, 6) is 0.443. The third kappa shape index (κ3) is 2.70. The van der Waals surface area contributed by atoms with Gasteiger partial charge in [0.2, 0.25) is 5.88 Å². The van der Waals surface area contributed by atoms with Crippen LogP contribution < -0.4 is 10.1 Å². The standard InChI is InChI=1S/C14H18FN3O/c1-9-5-6-13(12(15)7-9)16-8-11-10(2)17-18(3)14(11)19-4/h5-7,16H,8H2,1-4H3. The smallest absolute Gasteiger partial charge is 0.216 e. The summed E-state index contributed by atoms with van der Waals surface area (Å²) in [5.41, 5.74) is 3.19. The summed E-state index contributed by atoms with van der Waals surface area (Å²) >= 11 is 0. The van der Waals surface area contributed by atoms with Crippen LogP contribution in [0.2, 0.25) is 0 Å². The highest BCUT2D eigenvalue weighted by Crippen LogP contribution is 2.23. The molecule has 1 N–H and O–H groups in total. The zero-order valence-electron chi connectivity index (χ0n) is 11.6. The molecule has 0 aliphatic heterocycles. The number of benzene rings is 1. The molecule has 1 aromatic heterocycles. The van der Waals surface area contributed by atoms with Crippen molar-refractivity contribution in [3.05, 3.63) is 40.8 Å². The van der Waals surface area contributed by atoms with E-state index in [1.165, 1.54) is 6.07 Å². The maximum Gasteiger partial charge on any atom is 0.216 e. The average Bonchev–Trinajstić information content (AvgIpc) is 2.62. The summed E-state index contributed by atoms with van der Waals surface area (Å²) in [6.07, 6.45) is 0. The minimum Gasteiger partial charge on any atom is -0.481 e. The van der Waals surface area contributed by atoms with Crippen molar-refractivity contribution in [2.75, 3.05) is 12.4 Å². The molecule has 0 saturated heterocycles. The molecule has 1 aromatic carbocycles. The predicted octanol–water partition coefficient (Wildman–Crippen LogP) is 2.80. The molecule has 0 aliphatic carbocycles. The molecule has 4 nitrogen and oxygen atoms in total. The van der Waals surface area contributed by atoms with Crippen molar-refractivity contribution in [2.24, 2.45) is 7.05 Å². The molecule has 0 fully saturated rings. The molecule has 0 aliphatic rings. The first-order chi connectivity index (χ1) is 9.02. The van der Waals surface area contributed by atoms with Crippen molar-refractivity contribution < 1.29 is 9.13 Å². The van der Waals surface area contributed by atoms with Gasteiger partial charge in [0.25, 0.3) is 0 Å². The lowest BCUT2D eigenvalue weighted by Crippen LogP contribution is -2.04. The van der Waals surface area contributed by atoms with Gasteiger partial charge in [0.1, 0.15) is 5.82 Å². The van der Waals surface area contributed by atoms with E-state index in [0.717, 1.165) is 16.8 Å². The van der Waals surface area contributed by atoms with E-state index in [-0.39, 0.29) is 5.82 Å². The third-order valence-corrected chi connectivity index (χ3v) is 3.06. The summed E-state index contributed by atoms with van der Waals surface area (Å²) in [7, 11) is 3.42. The van der Waals surface area contributed by atoms with Crippen molar-refractivity contribution >= 4 is 5.69 Å². The molecule has 102 valence electrons. The molecular formula is C14H18FN3O. The van der Waals surface area contributed by atoms with E-state index in [0.29, 0.717) is 18.1 Å². The van der Waals surface area contributed by atoms with E-state index < -0.39 is 0 Å². The molecule has 0 amide bonds. The average molecular weight is 263 g/mol. The molecule has 2 rings (SSSR count). The highest BCUT2D eigenvalue weighted by atomic mass is 19.1. The van der Waals surface area contributed by atoms with Crippen LogP contribution in [0, 0.1) is 19.7 Å². The first kappa shape index (κ1) is 13.4. The van der Waals surface area contributed by atoms with E-state index in [9.17, 15) is 4.39 Å². The van der Waals surface area contributed by atoms with Gasteiger partial charge in [-0.05, 0) is 31.5 Å². The third-order valence-electron chi connectivity index (χ3n) is 3.06. The van der Waals surface area contributed by atoms with Crippen molar-refractivity contribution in [1.29, 1.82) is 0 Å². The number of nitrogens with one attached hydrogen (secondary N) is 1. The Morgan fingerprint density at radius 1 is 1.37 bits per heavy atom. The van der Waals surface area contributed by atoms with Crippen LogP contribution in [0.25, 0.3) is 0 Å². The van der Waals surface area contributed by atoms with Gasteiger partial charge in [-0.15, -0.1) is 0 Å². The molecule has 1 heterocycles. The zero-order chi connectivity index (χ0) is 14.0. The predicted molar refractivity (Wildman–Crippen MR) is 73.0 cm³/mol. The Hall–Kier alpha value is -2.04. The maximum atomic E-state index is 13.7. The minimum absolute atomic E-state index is 0.250. The van der Waals surface area contributed by atoms with Crippen molar-refractivity contribution in [1.82, 2.24) is 9.78 Å². The van der Waals surface area contributed by atoms with Crippen LogP contribution in [0.3, 0.4) is 0 Å². The summed E-state index contributed by atoms with van der Waals surface area (Å²) in [6.45, 7) is 4.25. The number of rotatable bonds is 4. The number of anilines is 1. The van der Waals surface area contributed by atoms with E-state index in [2.05, 4.69) is 10.4 Å². The van der Waals surface area contributed by atoms with Crippen LogP contribution in [0.15, 0.2) is 18.2 Å². The van der Waals surface area contributed by atoms with Gasteiger partial charge in [0.05, 0.1) is 24.1 Å². The molecule has 0 bridgehead atoms. The fraction of sp³-hybridized carbons (Fsp3) is 0.357. The Morgan fingerprint density at radius 2 is 2.11 bits per heavy atom. The Morgan fingerprint density at radius 3 is 2.74 bits per heavy atom.